The Labute approximate surface area is 123 Å². The number of hydrogen-bond acceptors (Lipinski definition) is 3. The third-order valence-electron chi connectivity index (χ3n) is 3.17. The van der Waals surface area contributed by atoms with E-state index in [1.807, 2.05) is 56.3 Å². The quantitative estimate of drug-likeness (QED) is 0.618. The monoisotopic (exact) mass is 282 g/mol. The molecule has 0 unspecified atom stereocenters. The van der Waals surface area contributed by atoms with Crippen molar-refractivity contribution in [3.05, 3.63) is 48.5 Å². The van der Waals surface area contributed by atoms with Gasteiger partial charge in [-0.3, -0.25) is 0 Å². The first kappa shape index (κ1) is 13.4. The van der Waals surface area contributed by atoms with Crippen molar-refractivity contribution in [3.8, 4) is 17.4 Å². The molecule has 0 fully saturated rings. The average molecular weight is 282 g/mol. The molecule has 0 atom stereocenters. The van der Waals surface area contributed by atoms with Crippen molar-refractivity contribution in [2.75, 3.05) is 5.32 Å². The molecule has 4 nitrogen and oxygen atoms in total. The summed E-state index contributed by atoms with van der Waals surface area (Å²) >= 11 is 0. The molecule has 2 aromatic carbocycles. The van der Waals surface area contributed by atoms with Gasteiger partial charge < -0.3 is 20.1 Å². The van der Waals surface area contributed by atoms with Crippen molar-refractivity contribution in [1.29, 1.82) is 0 Å². The molecule has 0 amide bonds. The summed E-state index contributed by atoms with van der Waals surface area (Å²) in [5, 5.41) is 14.5. The number of fused-ring (bicyclic) bond motifs is 1. The Morgan fingerprint density at radius 2 is 1.90 bits per heavy atom. The van der Waals surface area contributed by atoms with Gasteiger partial charge in [0.2, 0.25) is 0 Å². The molecule has 108 valence electrons. The van der Waals surface area contributed by atoms with Crippen LogP contribution in [0.15, 0.2) is 48.5 Å². The van der Waals surface area contributed by atoms with Crippen molar-refractivity contribution in [1.82, 2.24) is 4.98 Å². The van der Waals surface area contributed by atoms with Crippen LogP contribution < -0.4 is 10.1 Å². The van der Waals surface area contributed by atoms with E-state index in [-0.39, 0.29) is 11.8 Å². The predicted octanol–water partition coefficient (Wildman–Crippen LogP) is 4.49. The maximum atomic E-state index is 10.3. The van der Waals surface area contributed by atoms with Crippen LogP contribution in [0.2, 0.25) is 0 Å². The van der Waals surface area contributed by atoms with E-state index in [0.29, 0.717) is 17.3 Å². The first-order valence-electron chi connectivity index (χ1n) is 6.97. The van der Waals surface area contributed by atoms with Crippen molar-refractivity contribution in [3.63, 3.8) is 0 Å². The number of phenolic OH excluding ortho intramolecular Hbond substituents is 1. The zero-order valence-corrected chi connectivity index (χ0v) is 12.1. The fourth-order valence-corrected chi connectivity index (χ4v) is 2.25. The predicted molar refractivity (Wildman–Crippen MR) is 85.2 cm³/mol. The number of para-hydroxylation sites is 2. The van der Waals surface area contributed by atoms with E-state index < -0.39 is 0 Å². The third-order valence-corrected chi connectivity index (χ3v) is 3.17. The molecule has 0 aliphatic rings. The number of aromatic nitrogens is 1. The minimum atomic E-state index is 0.116. The molecular formula is C17H18N2O2. The van der Waals surface area contributed by atoms with Gasteiger partial charge in [0.05, 0.1) is 5.69 Å². The van der Waals surface area contributed by atoms with Crippen LogP contribution in [-0.4, -0.2) is 16.1 Å². The number of hydrogen-bond donors (Lipinski definition) is 3. The Balaban J connectivity index is 1.90. The summed E-state index contributed by atoms with van der Waals surface area (Å²) in [7, 11) is 0. The Kier molecular flexibility index (Phi) is 3.44. The van der Waals surface area contributed by atoms with E-state index in [0.717, 1.165) is 10.9 Å². The van der Waals surface area contributed by atoms with Gasteiger partial charge in [0.1, 0.15) is 0 Å². The summed E-state index contributed by atoms with van der Waals surface area (Å²) in [6, 6.07) is 15.5. The van der Waals surface area contributed by atoms with Gasteiger partial charge in [-0.25, -0.2) is 0 Å². The maximum Gasteiger partial charge on any atom is 0.198 e. The number of phenols is 1. The Hall–Kier alpha value is -2.62. The second-order valence-electron chi connectivity index (χ2n) is 5.27. The molecule has 0 saturated heterocycles. The van der Waals surface area contributed by atoms with Crippen LogP contribution in [0, 0.1) is 0 Å². The highest BCUT2D eigenvalue weighted by Gasteiger charge is 2.11. The number of nitrogens with one attached hydrogen (secondary N) is 2. The van der Waals surface area contributed by atoms with Crippen molar-refractivity contribution in [2.24, 2.45) is 0 Å². The molecule has 0 radical (unpaired) electrons. The number of benzene rings is 2. The van der Waals surface area contributed by atoms with Crippen LogP contribution in [0.4, 0.5) is 5.69 Å². The molecule has 21 heavy (non-hydrogen) atoms. The van der Waals surface area contributed by atoms with E-state index in [4.69, 9.17) is 4.74 Å². The number of ether oxygens (including phenoxy) is 1. The lowest BCUT2D eigenvalue weighted by Gasteiger charge is -2.14. The number of rotatable bonds is 4. The summed E-state index contributed by atoms with van der Waals surface area (Å²) in [5.74, 6) is 1.14. The van der Waals surface area contributed by atoms with E-state index >= 15 is 0 Å². The van der Waals surface area contributed by atoms with E-state index in [2.05, 4.69) is 10.3 Å². The molecule has 1 aromatic heterocycles. The molecule has 4 heteroatoms. The molecule has 0 aliphatic heterocycles. The molecule has 1 heterocycles. The van der Waals surface area contributed by atoms with Crippen LogP contribution in [0.3, 0.4) is 0 Å². The molecule has 0 aliphatic carbocycles. The minimum absolute atomic E-state index is 0.116. The highest BCUT2D eigenvalue weighted by atomic mass is 16.5. The molecule has 0 bridgehead atoms. The molecule has 0 saturated carbocycles. The van der Waals surface area contributed by atoms with Gasteiger partial charge >= 0.3 is 0 Å². The highest BCUT2D eigenvalue weighted by Crippen LogP contribution is 2.37. The summed E-state index contributed by atoms with van der Waals surface area (Å²) < 4.78 is 5.77. The zero-order valence-electron chi connectivity index (χ0n) is 12.1. The highest BCUT2D eigenvalue weighted by molar-refractivity contribution is 5.81. The fraction of sp³-hybridized carbons (Fsp3) is 0.176. The van der Waals surface area contributed by atoms with Crippen molar-refractivity contribution < 1.29 is 9.84 Å². The van der Waals surface area contributed by atoms with Crippen molar-refractivity contribution >= 4 is 16.6 Å². The summed E-state index contributed by atoms with van der Waals surface area (Å²) in [4.78, 5) is 3.18. The minimum Gasteiger partial charge on any atom is -0.503 e. The molecule has 0 spiro atoms. The third kappa shape index (κ3) is 2.79. The van der Waals surface area contributed by atoms with E-state index in [9.17, 15) is 5.11 Å². The zero-order chi connectivity index (χ0) is 14.8. The summed E-state index contributed by atoms with van der Waals surface area (Å²) in [6.45, 7) is 4.04. The lowest BCUT2D eigenvalue weighted by atomic mass is 10.2. The van der Waals surface area contributed by atoms with Gasteiger partial charge in [-0.15, -0.1) is 0 Å². The first-order chi connectivity index (χ1) is 10.1. The lowest BCUT2D eigenvalue weighted by Crippen LogP contribution is -2.09. The van der Waals surface area contributed by atoms with E-state index in [1.165, 1.54) is 0 Å². The van der Waals surface area contributed by atoms with Crippen LogP contribution in [0.5, 0.6) is 17.4 Å². The van der Waals surface area contributed by atoms with Gasteiger partial charge in [-0.1, -0.05) is 24.3 Å². The molecule has 3 rings (SSSR count). The Bertz CT molecular complexity index is 729. The lowest BCUT2D eigenvalue weighted by molar-refractivity contribution is 0.406. The van der Waals surface area contributed by atoms with Crippen LogP contribution in [0.25, 0.3) is 10.9 Å². The number of anilines is 1. The van der Waals surface area contributed by atoms with E-state index in [1.54, 1.807) is 6.07 Å². The second kappa shape index (κ2) is 5.40. The maximum absolute atomic E-state index is 10.3. The van der Waals surface area contributed by atoms with Gasteiger partial charge in [0, 0.05) is 23.0 Å². The molecule has 3 N–H and O–H groups in total. The number of aromatic amines is 1. The fourth-order valence-electron chi connectivity index (χ4n) is 2.25. The average Bonchev–Trinajstić information content (AvgIpc) is 2.85. The van der Waals surface area contributed by atoms with Crippen LogP contribution >= 0.6 is 0 Å². The van der Waals surface area contributed by atoms with Gasteiger partial charge in [-0.2, -0.15) is 0 Å². The smallest absolute Gasteiger partial charge is 0.198 e. The summed E-state index contributed by atoms with van der Waals surface area (Å²) in [6.07, 6.45) is 0. The number of aromatic hydroxyl groups is 1. The Morgan fingerprint density at radius 3 is 2.67 bits per heavy atom. The number of H-pyrrole nitrogens is 1. The van der Waals surface area contributed by atoms with Crippen molar-refractivity contribution in [2.45, 2.75) is 19.9 Å². The largest absolute Gasteiger partial charge is 0.503 e. The second-order valence-corrected chi connectivity index (χ2v) is 5.27. The van der Waals surface area contributed by atoms with Gasteiger partial charge in [0.25, 0.3) is 0 Å². The standard InChI is InChI=1S/C17H18N2O2/c1-11(2)18-14-8-5-9-15(17(14)20)21-16-10-12-6-3-4-7-13(12)19-16/h3-11,18-20H,1-2H3. The SMILES string of the molecule is CC(C)Nc1cccc(Oc2cc3ccccc3[nH]2)c1O. The normalized spacial score (nSPS) is 11.0. The molecule has 3 aromatic rings. The topological polar surface area (TPSA) is 57.3 Å². The van der Waals surface area contributed by atoms with Crippen LogP contribution in [0.1, 0.15) is 13.8 Å². The summed E-state index contributed by atoms with van der Waals surface area (Å²) in [5.41, 5.74) is 1.67. The van der Waals surface area contributed by atoms with Gasteiger partial charge in [-0.05, 0) is 32.0 Å². The Morgan fingerprint density at radius 1 is 1.10 bits per heavy atom. The first-order valence-corrected chi connectivity index (χ1v) is 6.97. The van der Waals surface area contributed by atoms with Gasteiger partial charge in [0.15, 0.2) is 17.4 Å². The molecular weight excluding hydrogens is 264 g/mol. The van der Waals surface area contributed by atoms with Crippen LogP contribution in [-0.2, 0) is 0 Å².